The van der Waals surface area contributed by atoms with Crippen molar-refractivity contribution in [1.29, 1.82) is 0 Å². The lowest BCUT2D eigenvalue weighted by molar-refractivity contribution is -0.167. The first kappa shape index (κ1) is 28.4. The Kier molecular flexibility index (Phi) is 6.93. The lowest BCUT2D eigenvalue weighted by Gasteiger charge is -2.57. The molecule has 3 fully saturated rings. The predicted octanol–water partition coefficient (Wildman–Crippen LogP) is 4.91. The number of piperidine rings is 1. The monoisotopic (exact) mass is 621 g/mol. The van der Waals surface area contributed by atoms with Gasteiger partial charge in [0.05, 0.1) is 29.3 Å². The fraction of sp³-hybridized carbons (Fsp3) is 0.562. The van der Waals surface area contributed by atoms with Gasteiger partial charge in [-0.05, 0) is 82.0 Å². The Morgan fingerprint density at radius 1 is 1.18 bits per heavy atom. The first-order valence-corrected chi connectivity index (χ1v) is 16.1. The maximum Gasteiger partial charge on any atom is 0.319 e. The van der Waals surface area contributed by atoms with Crippen LogP contribution in [-0.2, 0) is 11.2 Å². The lowest BCUT2D eigenvalue weighted by atomic mass is 9.56. The third-order valence-electron chi connectivity index (χ3n) is 10.2. The maximum atomic E-state index is 16.9. The van der Waals surface area contributed by atoms with Crippen LogP contribution in [0.4, 0.5) is 10.2 Å². The van der Waals surface area contributed by atoms with Crippen LogP contribution >= 0.6 is 11.6 Å². The summed E-state index contributed by atoms with van der Waals surface area (Å²) in [6.07, 6.45) is 10.0. The number of aromatic nitrogens is 5. The van der Waals surface area contributed by atoms with E-state index in [-0.39, 0.29) is 28.7 Å². The summed E-state index contributed by atoms with van der Waals surface area (Å²) in [6.45, 7) is 3.70. The number of hydrogen-bond acceptors (Lipinski definition) is 9. The fourth-order valence-electron chi connectivity index (χ4n) is 8.22. The highest BCUT2D eigenvalue weighted by molar-refractivity contribution is 6.33. The standard InChI is InChI=1S/C32H37ClFN7O3/c1-40-8-2-5-19(40)14-44-30-37-27-22-12-35-28(26(27)34)25-20(23(33)11-24-21(25)13-36-39-24)6-3-10-43-18-32(42)15-31(16-32)7-4-9-41(17-31)29(22)38-30/h11-13,19,42H,2-10,14-18H2,1H3,(H,36,39). The van der Waals surface area contributed by atoms with Crippen LogP contribution in [0.2, 0.25) is 5.02 Å². The van der Waals surface area contributed by atoms with Crippen molar-refractivity contribution in [2.45, 2.75) is 63.0 Å². The highest BCUT2D eigenvalue weighted by atomic mass is 35.5. The second-order valence-corrected chi connectivity index (χ2v) is 13.8. The number of fused-ring (bicyclic) bond motifs is 1. The average molecular weight is 622 g/mol. The molecular weight excluding hydrogens is 585 g/mol. The number of nitrogens with zero attached hydrogens (tertiary/aromatic N) is 6. The van der Waals surface area contributed by atoms with Gasteiger partial charge in [0.25, 0.3) is 0 Å². The number of likely N-dealkylation sites (tertiary alicyclic amines) is 1. The normalized spacial score (nSPS) is 27.5. The SMILES string of the molecule is CN1CCCC1COc1nc2c3cnc(c(F)c3n1)-c1c(c(Cl)cc3[nH]ncc13)CCCOCC1(O)CC3(CCCN2C3)C1. The second kappa shape index (κ2) is 10.8. The number of nitrogens with one attached hydrogen (secondary N) is 1. The average Bonchev–Trinajstić information content (AvgIpc) is 3.63. The molecule has 1 aliphatic carbocycles. The largest absolute Gasteiger partial charge is 0.462 e. The van der Waals surface area contributed by atoms with E-state index in [0.717, 1.165) is 49.7 Å². The van der Waals surface area contributed by atoms with Crippen LogP contribution < -0.4 is 9.64 Å². The molecule has 0 radical (unpaired) electrons. The van der Waals surface area contributed by atoms with Crippen LogP contribution in [0.1, 0.15) is 50.5 Å². The van der Waals surface area contributed by atoms with Crippen molar-refractivity contribution < 1.29 is 19.0 Å². The molecule has 1 atom stereocenters. The van der Waals surface area contributed by atoms with Gasteiger partial charge in [0, 0.05) is 47.9 Å². The van der Waals surface area contributed by atoms with Crippen LogP contribution in [-0.4, -0.2) is 93.3 Å². The number of aliphatic hydroxyl groups is 1. The molecule has 10 rings (SSSR count). The number of ether oxygens (including phenoxy) is 2. The van der Waals surface area contributed by atoms with Gasteiger partial charge in [0.2, 0.25) is 0 Å². The van der Waals surface area contributed by atoms with E-state index in [1.165, 1.54) is 0 Å². The van der Waals surface area contributed by atoms with Gasteiger partial charge in [-0.1, -0.05) is 11.6 Å². The van der Waals surface area contributed by atoms with Gasteiger partial charge in [0.1, 0.15) is 23.6 Å². The van der Waals surface area contributed by atoms with Crippen molar-refractivity contribution in [3.05, 3.63) is 34.9 Å². The Morgan fingerprint density at radius 3 is 2.91 bits per heavy atom. The van der Waals surface area contributed by atoms with E-state index in [0.29, 0.717) is 79.4 Å². The molecule has 1 saturated carbocycles. The van der Waals surface area contributed by atoms with Gasteiger partial charge in [-0.15, -0.1) is 0 Å². The second-order valence-electron chi connectivity index (χ2n) is 13.4. The van der Waals surface area contributed by atoms with Gasteiger partial charge < -0.3 is 24.4 Å². The molecule has 0 amide bonds. The molecule has 6 aliphatic rings. The van der Waals surface area contributed by atoms with E-state index in [4.69, 9.17) is 31.0 Å². The maximum absolute atomic E-state index is 16.9. The van der Waals surface area contributed by atoms with Crippen molar-refractivity contribution in [2.75, 3.05) is 51.4 Å². The molecule has 12 heteroatoms. The van der Waals surface area contributed by atoms with Crippen LogP contribution in [0.5, 0.6) is 6.01 Å². The number of benzene rings is 1. The van der Waals surface area contributed by atoms with Gasteiger partial charge in [0.15, 0.2) is 5.82 Å². The lowest BCUT2D eigenvalue weighted by Crippen LogP contribution is -2.60. The first-order chi connectivity index (χ1) is 21.3. The molecule has 44 heavy (non-hydrogen) atoms. The van der Waals surface area contributed by atoms with E-state index in [2.05, 4.69) is 32.0 Å². The molecule has 2 N–H and O–H groups in total. The predicted molar refractivity (Wildman–Crippen MR) is 166 cm³/mol. The minimum absolute atomic E-state index is 0.0439. The number of pyridine rings is 1. The number of likely N-dealkylation sites (N-methyl/N-ethyl adjacent to an activating group) is 1. The Bertz CT molecular complexity index is 1740. The Balaban J connectivity index is 1.30. The highest BCUT2D eigenvalue weighted by Crippen LogP contribution is 2.54. The number of halogens is 2. The summed E-state index contributed by atoms with van der Waals surface area (Å²) in [5, 5.41) is 20.3. The number of hydrogen-bond donors (Lipinski definition) is 2. The summed E-state index contributed by atoms with van der Waals surface area (Å²) in [4.78, 5) is 18.8. The van der Waals surface area contributed by atoms with Crippen molar-refractivity contribution >= 4 is 39.2 Å². The summed E-state index contributed by atoms with van der Waals surface area (Å²) in [5.74, 6) is 0.0860. The van der Waals surface area contributed by atoms with E-state index >= 15 is 4.39 Å². The molecule has 1 spiro atoms. The van der Waals surface area contributed by atoms with Crippen LogP contribution in [0, 0.1) is 11.2 Å². The van der Waals surface area contributed by atoms with E-state index in [1.807, 2.05) is 6.07 Å². The minimum atomic E-state index is -0.840. The van der Waals surface area contributed by atoms with Gasteiger partial charge >= 0.3 is 6.01 Å². The number of anilines is 1. The first-order valence-electron chi connectivity index (χ1n) is 15.7. The zero-order valence-electron chi connectivity index (χ0n) is 24.9. The zero-order chi connectivity index (χ0) is 30.1. The number of rotatable bonds is 3. The van der Waals surface area contributed by atoms with Crippen molar-refractivity contribution in [3.8, 4) is 17.3 Å². The smallest absolute Gasteiger partial charge is 0.319 e. The fourth-order valence-corrected chi connectivity index (χ4v) is 8.51. The molecule has 8 heterocycles. The summed E-state index contributed by atoms with van der Waals surface area (Å²) < 4.78 is 29.2. The van der Waals surface area contributed by atoms with Crippen molar-refractivity contribution in [2.24, 2.45) is 5.41 Å². The molecule has 7 bridgehead atoms. The van der Waals surface area contributed by atoms with Crippen LogP contribution in [0.25, 0.3) is 33.1 Å². The quantitative estimate of drug-likeness (QED) is 0.330. The Hall–Kier alpha value is -3.12. The molecular formula is C32H37ClFN7O3. The zero-order valence-corrected chi connectivity index (χ0v) is 25.7. The van der Waals surface area contributed by atoms with Crippen LogP contribution in [0.3, 0.4) is 0 Å². The third-order valence-corrected chi connectivity index (χ3v) is 10.5. The van der Waals surface area contributed by atoms with Crippen LogP contribution in [0.15, 0.2) is 18.5 Å². The topological polar surface area (TPSA) is 113 Å². The summed E-state index contributed by atoms with van der Waals surface area (Å²) in [7, 11) is 2.10. The molecule has 1 aromatic carbocycles. The Morgan fingerprint density at radius 2 is 2.07 bits per heavy atom. The molecule has 3 aromatic heterocycles. The van der Waals surface area contributed by atoms with E-state index < -0.39 is 11.4 Å². The van der Waals surface area contributed by atoms with Crippen molar-refractivity contribution in [3.63, 3.8) is 0 Å². The minimum Gasteiger partial charge on any atom is -0.462 e. The van der Waals surface area contributed by atoms with Gasteiger partial charge in [-0.3, -0.25) is 10.1 Å². The molecule has 10 nitrogen and oxygen atoms in total. The molecule has 5 aliphatic heterocycles. The molecule has 2 saturated heterocycles. The summed E-state index contributed by atoms with van der Waals surface area (Å²) in [5.41, 5.74) is 1.53. The van der Waals surface area contributed by atoms with Gasteiger partial charge in [-0.2, -0.15) is 15.1 Å². The highest BCUT2D eigenvalue weighted by Gasteiger charge is 2.55. The third kappa shape index (κ3) is 4.79. The molecule has 1 unspecified atom stereocenters. The summed E-state index contributed by atoms with van der Waals surface area (Å²) in [6, 6.07) is 2.25. The van der Waals surface area contributed by atoms with Gasteiger partial charge in [-0.25, -0.2) is 4.39 Å². The Labute approximate surface area is 259 Å². The van der Waals surface area contributed by atoms with E-state index in [9.17, 15) is 5.11 Å². The van der Waals surface area contributed by atoms with Crippen molar-refractivity contribution in [1.82, 2.24) is 30.0 Å². The number of aromatic amines is 1. The number of H-pyrrole nitrogens is 1. The molecule has 232 valence electrons. The molecule has 4 aromatic rings. The van der Waals surface area contributed by atoms with E-state index in [1.54, 1.807) is 12.4 Å². The summed E-state index contributed by atoms with van der Waals surface area (Å²) >= 11 is 6.82.